The maximum absolute atomic E-state index is 12.5. The Balaban J connectivity index is 1.79. The standard InChI is InChI=1S/C17H15ClN2O2S2/c1-22-14-5-4-12(18)9-13(14)19-17(21)20-16(11-6-8-23-10-11)15-3-2-7-24-15/h2-10,16H,1H3,(H2,19,20,21)/t16-/m1/s1. The summed E-state index contributed by atoms with van der Waals surface area (Å²) in [6, 6.07) is 10.6. The Morgan fingerprint density at radius 3 is 2.79 bits per heavy atom. The molecule has 0 fully saturated rings. The van der Waals surface area contributed by atoms with Gasteiger partial charge in [-0.1, -0.05) is 17.7 Å². The summed E-state index contributed by atoms with van der Waals surface area (Å²) in [6.45, 7) is 0. The summed E-state index contributed by atoms with van der Waals surface area (Å²) in [4.78, 5) is 13.6. The summed E-state index contributed by atoms with van der Waals surface area (Å²) in [6.07, 6.45) is 0. The fourth-order valence-corrected chi connectivity index (χ4v) is 3.94. The summed E-state index contributed by atoms with van der Waals surface area (Å²) in [5.74, 6) is 0.553. The first kappa shape index (κ1) is 16.8. The van der Waals surface area contributed by atoms with Crippen molar-refractivity contribution in [2.45, 2.75) is 6.04 Å². The quantitative estimate of drug-likeness (QED) is 0.626. The first-order valence-electron chi connectivity index (χ1n) is 7.14. The van der Waals surface area contributed by atoms with Gasteiger partial charge in [-0.3, -0.25) is 0 Å². The smallest absolute Gasteiger partial charge is 0.320 e. The lowest BCUT2D eigenvalue weighted by molar-refractivity contribution is 0.250. The van der Waals surface area contributed by atoms with Crippen molar-refractivity contribution in [3.63, 3.8) is 0 Å². The zero-order valence-electron chi connectivity index (χ0n) is 12.8. The largest absolute Gasteiger partial charge is 0.495 e. The van der Waals surface area contributed by atoms with Crippen molar-refractivity contribution >= 4 is 46.0 Å². The number of anilines is 1. The minimum atomic E-state index is -0.319. The molecule has 124 valence electrons. The van der Waals surface area contributed by atoms with Gasteiger partial charge in [0, 0.05) is 9.90 Å². The number of methoxy groups -OCH3 is 1. The molecule has 0 aliphatic heterocycles. The highest BCUT2D eigenvalue weighted by Crippen LogP contribution is 2.30. The van der Waals surface area contributed by atoms with Crippen molar-refractivity contribution in [2.75, 3.05) is 12.4 Å². The van der Waals surface area contributed by atoms with E-state index in [9.17, 15) is 4.79 Å². The van der Waals surface area contributed by atoms with Gasteiger partial charge < -0.3 is 15.4 Å². The fourth-order valence-electron chi connectivity index (χ4n) is 2.28. The van der Waals surface area contributed by atoms with E-state index in [1.54, 1.807) is 48.0 Å². The number of carbonyl (C=O) groups excluding carboxylic acids is 1. The van der Waals surface area contributed by atoms with E-state index < -0.39 is 0 Å². The van der Waals surface area contributed by atoms with Crippen LogP contribution < -0.4 is 15.4 Å². The number of thiophene rings is 2. The number of benzene rings is 1. The average molecular weight is 379 g/mol. The van der Waals surface area contributed by atoms with E-state index in [0.29, 0.717) is 16.5 Å². The number of ether oxygens (including phenoxy) is 1. The first-order valence-corrected chi connectivity index (χ1v) is 9.34. The lowest BCUT2D eigenvalue weighted by atomic mass is 10.1. The van der Waals surface area contributed by atoms with Gasteiger partial charge in [0.1, 0.15) is 5.75 Å². The molecule has 0 aliphatic carbocycles. The van der Waals surface area contributed by atoms with E-state index in [0.717, 1.165) is 10.4 Å². The van der Waals surface area contributed by atoms with Crippen molar-refractivity contribution in [2.24, 2.45) is 0 Å². The molecule has 4 nitrogen and oxygen atoms in total. The Labute approximate surface area is 153 Å². The molecule has 1 atom stereocenters. The minimum absolute atomic E-state index is 0.193. The van der Waals surface area contributed by atoms with Crippen LogP contribution in [0.2, 0.25) is 5.02 Å². The second-order valence-electron chi connectivity index (χ2n) is 4.95. The number of urea groups is 1. The Bertz CT molecular complexity index is 770. The van der Waals surface area contributed by atoms with E-state index in [1.165, 1.54) is 0 Å². The van der Waals surface area contributed by atoms with Gasteiger partial charge in [-0.25, -0.2) is 4.79 Å². The maximum atomic E-state index is 12.5. The molecule has 0 aliphatic rings. The molecule has 3 rings (SSSR count). The van der Waals surface area contributed by atoms with E-state index in [-0.39, 0.29) is 12.1 Å². The molecular weight excluding hydrogens is 364 g/mol. The molecule has 2 heterocycles. The molecule has 0 spiro atoms. The van der Waals surface area contributed by atoms with Crippen LogP contribution >= 0.6 is 34.3 Å². The number of nitrogens with one attached hydrogen (secondary N) is 2. The third kappa shape index (κ3) is 3.90. The summed E-state index contributed by atoms with van der Waals surface area (Å²) >= 11 is 9.20. The van der Waals surface area contributed by atoms with E-state index in [4.69, 9.17) is 16.3 Å². The zero-order chi connectivity index (χ0) is 16.9. The molecule has 2 amide bonds. The Hall–Kier alpha value is -2.02. The van der Waals surface area contributed by atoms with Crippen molar-refractivity contribution in [3.8, 4) is 5.75 Å². The van der Waals surface area contributed by atoms with E-state index in [1.807, 2.05) is 34.3 Å². The van der Waals surface area contributed by atoms with Crippen LogP contribution in [-0.4, -0.2) is 13.1 Å². The first-order chi connectivity index (χ1) is 11.7. The Morgan fingerprint density at radius 1 is 1.25 bits per heavy atom. The number of amides is 2. The number of carbonyl (C=O) groups is 1. The third-order valence-electron chi connectivity index (χ3n) is 3.39. The molecule has 0 unspecified atom stereocenters. The van der Waals surface area contributed by atoms with E-state index >= 15 is 0 Å². The monoisotopic (exact) mass is 378 g/mol. The molecule has 7 heteroatoms. The van der Waals surface area contributed by atoms with E-state index in [2.05, 4.69) is 10.6 Å². The van der Waals surface area contributed by atoms with Crippen LogP contribution in [-0.2, 0) is 0 Å². The van der Waals surface area contributed by atoms with Gasteiger partial charge >= 0.3 is 6.03 Å². The SMILES string of the molecule is COc1ccc(Cl)cc1NC(=O)N[C@H](c1ccsc1)c1cccs1. The third-order valence-corrected chi connectivity index (χ3v) is 5.26. The number of hydrogen-bond donors (Lipinski definition) is 2. The van der Waals surface area contributed by atoms with Crippen LogP contribution in [0, 0.1) is 0 Å². The van der Waals surface area contributed by atoms with Crippen LogP contribution in [0.3, 0.4) is 0 Å². The van der Waals surface area contributed by atoms with Gasteiger partial charge in [0.05, 0.1) is 18.8 Å². The van der Waals surface area contributed by atoms with Crippen LogP contribution in [0.4, 0.5) is 10.5 Å². The predicted molar refractivity (Wildman–Crippen MR) is 101 cm³/mol. The van der Waals surface area contributed by atoms with Crippen molar-refractivity contribution in [1.82, 2.24) is 5.32 Å². The fraction of sp³-hybridized carbons (Fsp3) is 0.118. The Morgan fingerprint density at radius 2 is 2.12 bits per heavy atom. The molecule has 1 aromatic carbocycles. The summed E-state index contributed by atoms with van der Waals surface area (Å²) in [5.41, 5.74) is 1.58. The van der Waals surface area contributed by atoms with Crippen LogP contribution in [0.25, 0.3) is 0 Å². The molecule has 3 aromatic rings. The molecule has 0 radical (unpaired) electrons. The molecular formula is C17H15ClN2O2S2. The van der Waals surface area contributed by atoms with Crippen molar-refractivity contribution in [1.29, 1.82) is 0 Å². The van der Waals surface area contributed by atoms with Crippen LogP contribution in [0.5, 0.6) is 5.75 Å². The molecule has 2 aromatic heterocycles. The summed E-state index contributed by atoms with van der Waals surface area (Å²) in [5, 5.41) is 12.4. The van der Waals surface area contributed by atoms with Crippen LogP contribution in [0.15, 0.2) is 52.5 Å². The van der Waals surface area contributed by atoms with Crippen LogP contribution in [0.1, 0.15) is 16.5 Å². The zero-order valence-corrected chi connectivity index (χ0v) is 15.2. The molecule has 0 saturated heterocycles. The summed E-state index contributed by atoms with van der Waals surface area (Å²) < 4.78 is 5.25. The van der Waals surface area contributed by atoms with Crippen molar-refractivity contribution < 1.29 is 9.53 Å². The van der Waals surface area contributed by atoms with Gasteiger partial charge in [-0.15, -0.1) is 11.3 Å². The molecule has 2 N–H and O–H groups in total. The van der Waals surface area contributed by atoms with Gasteiger partial charge in [-0.05, 0) is 52.0 Å². The minimum Gasteiger partial charge on any atom is -0.495 e. The van der Waals surface area contributed by atoms with Gasteiger partial charge in [0.2, 0.25) is 0 Å². The number of hydrogen-bond acceptors (Lipinski definition) is 4. The lowest BCUT2D eigenvalue weighted by Gasteiger charge is -2.18. The van der Waals surface area contributed by atoms with Gasteiger partial charge in [-0.2, -0.15) is 11.3 Å². The highest BCUT2D eigenvalue weighted by molar-refractivity contribution is 7.10. The number of halogens is 1. The molecule has 0 bridgehead atoms. The maximum Gasteiger partial charge on any atom is 0.320 e. The summed E-state index contributed by atoms with van der Waals surface area (Å²) in [7, 11) is 1.55. The number of rotatable bonds is 5. The highest BCUT2D eigenvalue weighted by atomic mass is 35.5. The molecule has 0 saturated carbocycles. The molecule has 24 heavy (non-hydrogen) atoms. The highest BCUT2D eigenvalue weighted by Gasteiger charge is 2.19. The predicted octanol–water partition coefficient (Wildman–Crippen LogP) is 5.38. The normalized spacial score (nSPS) is 11.8. The topological polar surface area (TPSA) is 50.4 Å². The van der Waals surface area contributed by atoms with Gasteiger partial charge in [0.25, 0.3) is 0 Å². The van der Waals surface area contributed by atoms with Gasteiger partial charge in [0.15, 0.2) is 0 Å². The lowest BCUT2D eigenvalue weighted by Crippen LogP contribution is -2.32. The van der Waals surface area contributed by atoms with Crippen molar-refractivity contribution in [3.05, 3.63) is 68.0 Å². The second kappa shape index (κ2) is 7.70. The second-order valence-corrected chi connectivity index (χ2v) is 7.14. The average Bonchev–Trinajstić information content (AvgIpc) is 3.27. The Kier molecular flexibility index (Phi) is 5.40.